The van der Waals surface area contributed by atoms with Gasteiger partial charge in [-0.3, -0.25) is 9.59 Å². The van der Waals surface area contributed by atoms with E-state index < -0.39 is 23.3 Å². The van der Waals surface area contributed by atoms with Crippen molar-refractivity contribution in [2.75, 3.05) is 6.61 Å². The zero-order valence-electron chi connectivity index (χ0n) is 9.12. The van der Waals surface area contributed by atoms with Crippen LogP contribution in [0.25, 0.3) is 0 Å². The lowest BCUT2D eigenvalue weighted by Gasteiger charge is -2.23. The number of primary amides is 1. The Bertz CT molecular complexity index is 273. The van der Waals surface area contributed by atoms with Crippen molar-refractivity contribution < 1.29 is 19.1 Å². The summed E-state index contributed by atoms with van der Waals surface area (Å²) in [5, 5.41) is 2.36. The van der Waals surface area contributed by atoms with E-state index in [1.807, 2.05) is 0 Å². The van der Waals surface area contributed by atoms with Crippen molar-refractivity contribution in [3.05, 3.63) is 0 Å². The first-order valence-electron chi connectivity index (χ1n) is 4.56. The van der Waals surface area contributed by atoms with Gasteiger partial charge in [0.15, 0.2) is 0 Å². The molecule has 0 aliphatic rings. The smallest absolute Gasteiger partial charge is 0.396 e. The Morgan fingerprint density at radius 3 is 2.27 bits per heavy atom. The predicted molar refractivity (Wildman–Crippen MR) is 52.7 cm³/mol. The van der Waals surface area contributed by atoms with Crippen molar-refractivity contribution in [2.24, 2.45) is 5.73 Å². The molecule has 0 aliphatic heterocycles. The summed E-state index contributed by atoms with van der Waals surface area (Å²) in [7, 11) is 0. The summed E-state index contributed by atoms with van der Waals surface area (Å²) in [6.07, 6.45) is -0.0435. The van der Waals surface area contributed by atoms with E-state index in [9.17, 15) is 14.4 Å². The third-order valence-electron chi connectivity index (χ3n) is 1.53. The number of carbonyl (C=O) groups is 3. The molecule has 6 heteroatoms. The first-order valence-corrected chi connectivity index (χ1v) is 4.56. The molecule has 0 bridgehead atoms. The molecule has 0 unspecified atom stereocenters. The van der Waals surface area contributed by atoms with Gasteiger partial charge < -0.3 is 15.8 Å². The second kappa shape index (κ2) is 5.33. The highest BCUT2D eigenvalue weighted by Gasteiger charge is 2.26. The maximum Gasteiger partial charge on any atom is 0.396 e. The number of rotatable bonds is 4. The van der Waals surface area contributed by atoms with E-state index >= 15 is 0 Å². The molecule has 86 valence electrons. The molecule has 0 spiro atoms. The van der Waals surface area contributed by atoms with Gasteiger partial charge in [-0.2, -0.15) is 0 Å². The van der Waals surface area contributed by atoms with Gasteiger partial charge >= 0.3 is 11.9 Å². The highest BCUT2D eigenvalue weighted by Crippen LogP contribution is 2.07. The lowest BCUT2D eigenvalue weighted by molar-refractivity contribution is -0.155. The molecular weight excluding hydrogens is 200 g/mol. The molecule has 0 atom stereocenters. The summed E-state index contributed by atoms with van der Waals surface area (Å²) in [5.74, 6) is -2.39. The molecule has 0 aromatic carbocycles. The molecule has 0 radical (unpaired) electrons. The highest BCUT2D eigenvalue weighted by molar-refractivity contribution is 6.32. The minimum absolute atomic E-state index is 0.0435. The number of hydrogen-bond donors (Lipinski definition) is 2. The molecule has 0 rings (SSSR count). The minimum Gasteiger partial charge on any atom is -0.459 e. The van der Waals surface area contributed by atoms with Crippen molar-refractivity contribution in [1.29, 1.82) is 0 Å². The van der Waals surface area contributed by atoms with Crippen LogP contribution in [0.4, 0.5) is 0 Å². The van der Waals surface area contributed by atoms with Crippen molar-refractivity contribution in [3.63, 3.8) is 0 Å². The quantitative estimate of drug-likeness (QED) is 0.480. The summed E-state index contributed by atoms with van der Waals surface area (Å²) >= 11 is 0. The van der Waals surface area contributed by atoms with Gasteiger partial charge in [-0.25, -0.2) is 4.79 Å². The van der Waals surface area contributed by atoms with Crippen LogP contribution in [0.15, 0.2) is 0 Å². The van der Waals surface area contributed by atoms with Crippen LogP contribution in [0, 0.1) is 0 Å². The van der Waals surface area contributed by atoms with Gasteiger partial charge in [0.25, 0.3) is 0 Å². The van der Waals surface area contributed by atoms with E-state index in [-0.39, 0.29) is 13.0 Å². The molecule has 0 fully saturated rings. The van der Waals surface area contributed by atoms with E-state index in [4.69, 9.17) is 5.73 Å². The van der Waals surface area contributed by atoms with Crippen LogP contribution >= 0.6 is 0 Å². The lowest BCUT2D eigenvalue weighted by Crippen LogP contribution is -2.48. The van der Waals surface area contributed by atoms with Gasteiger partial charge in [-0.05, 0) is 20.8 Å². The predicted octanol–water partition coefficient (Wildman–Crippen LogP) is -0.680. The van der Waals surface area contributed by atoms with Crippen molar-refractivity contribution in [2.45, 2.75) is 32.7 Å². The fraction of sp³-hybridized carbons (Fsp3) is 0.667. The summed E-state index contributed by atoms with van der Waals surface area (Å²) in [5.41, 5.74) is 4.13. The Labute approximate surface area is 88.1 Å². The van der Waals surface area contributed by atoms with Crippen LogP contribution in [0.1, 0.15) is 27.2 Å². The van der Waals surface area contributed by atoms with Crippen LogP contribution < -0.4 is 11.1 Å². The maximum atomic E-state index is 11.2. The van der Waals surface area contributed by atoms with Gasteiger partial charge in [0.2, 0.25) is 5.91 Å². The normalized spacial score (nSPS) is 10.6. The van der Waals surface area contributed by atoms with Gasteiger partial charge in [-0.15, -0.1) is 0 Å². The number of carbonyl (C=O) groups excluding carboxylic acids is 3. The summed E-state index contributed by atoms with van der Waals surface area (Å²) < 4.78 is 4.49. The SMILES string of the molecule is CCOC(=O)C(=O)NC(C)(C)CC(N)=O. The van der Waals surface area contributed by atoms with E-state index in [0.29, 0.717) is 0 Å². The van der Waals surface area contributed by atoms with Crippen LogP contribution in [-0.4, -0.2) is 29.9 Å². The van der Waals surface area contributed by atoms with Crippen molar-refractivity contribution in [1.82, 2.24) is 5.32 Å². The molecular formula is C9H16N2O4. The standard InChI is InChI=1S/C9H16N2O4/c1-4-15-8(14)7(13)11-9(2,3)5-6(10)12/h4-5H2,1-3H3,(H2,10,12)(H,11,13). The summed E-state index contributed by atoms with van der Waals surface area (Å²) in [6.45, 7) is 4.91. The third kappa shape index (κ3) is 5.66. The first-order chi connectivity index (χ1) is 6.78. The van der Waals surface area contributed by atoms with Gasteiger partial charge in [0.05, 0.1) is 6.61 Å². The zero-order valence-corrected chi connectivity index (χ0v) is 9.12. The van der Waals surface area contributed by atoms with Crippen molar-refractivity contribution >= 4 is 17.8 Å². The van der Waals surface area contributed by atoms with Gasteiger partial charge in [0.1, 0.15) is 0 Å². The topological polar surface area (TPSA) is 98.5 Å². The molecule has 0 saturated heterocycles. The average molecular weight is 216 g/mol. The third-order valence-corrected chi connectivity index (χ3v) is 1.53. The molecule has 3 N–H and O–H groups in total. The molecule has 2 amide bonds. The van der Waals surface area contributed by atoms with E-state index in [1.165, 1.54) is 0 Å². The summed E-state index contributed by atoms with van der Waals surface area (Å²) in [6, 6.07) is 0. The lowest BCUT2D eigenvalue weighted by atomic mass is 10.0. The molecule has 0 aromatic heterocycles. The Morgan fingerprint density at radius 2 is 1.87 bits per heavy atom. The maximum absolute atomic E-state index is 11.2. The van der Waals surface area contributed by atoms with Gasteiger partial charge in [0, 0.05) is 12.0 Å². The summed E-state index contributed by atoms with van der Waals surface area (Å²) in [4.78, 5) is 32.8. The average Bonchev–Trinajstić information content (AvgIpc) is 2.00. The number of nitrogens with one attached hydrogen (secondary N) is 1. The molecule has 0 heterocycles. The number of esters is 1. The molecule has 6 nitrogen and oxygen atoms in total. The Hall–Kier alpha value is -1.59. The number of hydrogen-bond acceptors (Lipinski definition) is 4. The minimum atomic E-state index is -0.963. The number of nitrogens with two attached hydrogens (primary N) is 1. The van der Waals surface area contributed by atoms with E-state index in [1.54, 1.807) is 20.8 Å². The van der Waals surface area contributed by atoms with Crippen molar-refractivity contribution in [3.8, 4) is 0 Å². The molecule has 0 aromatic rings. The number of ether oxygens (including phenoxy) is 1. The largest absolute Gasteiger partial charge is 0.459 e. The van der Waals surface area contributed by atoms with Crippen LogP contribution in [-0.2, 0) is 19.1 Å². The second-order valence-electron chi connectivity index (χ2n) is 3.70. The molecule has 0 aliphatic carbocycles. The Morgan fingerprint density at radius 1 is 1.33 bits per heavy atom. The monoisotopic (exact) mass is 216 g/mol. The van der Waals surface area contributed by atoms with Gasteiger partial charge in [-0.1, -0.05) is 0 Å². The fourth-order valence-corrected chi connectivity index (χ4v) is 1.03. The highest BCUT2D eigenvalue weighted by atomic mass is 16.5. The molecule has 0 saturated carbocycles. The van der Waals surface area contributed by atoms with E-state index in [0.717, 1.165) is 0 Å². The second-order valence-corrected chi connectivity index (χ2v) is 3.70. The Balaban J connectivity index is 4.26. The van der Waals surface area contributed by atoms with E-state index in [2.05, 4.69) is 10.1 Å². The van der Waals surface area contributed by atoms with Crippen LogP contribution in [0.2, 0.25) is 0 Å². The zero-order chi connectivity index (χ0) is 12.1. The van der Waals surface area contributed by atoms with Crippen LogP contribution in [0.5, 0.6) is 0 Å². The Kier molecular flexibility index (Phi) is 4.77. The van der Waals surface area contributed by atoms with Crippen LogP contribution in [0.3, 0.4) is 0 Å². The molecule has 15 heavy (non-hydrogen) atoms. The fourth-order valence-electron chi connectivity index (χ4n) is 1.03. The first kappa shape index (κ1) is 13.4. The number of amides is 2.